The highest BCUT2D eigenvalue weighted by molar-refractivity contribution is 5.82. The zero-order valence-corrected chi connectivity index (χ0v) is 7.08. The molecule has 1 amide bonds. The summed E-state index contributed by atoms with van der Waals surface area (Å²) < 4.78 is 0. The summed E-state index contributed by atoms with van der Waals surface area (Å²) in [6.07, 6.45) is 2.30. The molecular formula is C8H14N2O. The second-order valence-electron chi connectivity index (χ2n) is 3.68. The van der Waals surface area contributed by atoms with E-state index in [1.807, 2.05) is 14.1 Å². The topological polar surface area (TPSA) is 23.3 Å². The maximum absolute atomic E-state index is 11.5. The van der Waals surface area contributed by atoms with Crippen molar-refractivity contribution in [3.8, 4) is 0 Å². The van der Waals surface area contributed by atoms with Gasteiger partial charge in [0.2, 0.25) is 5.91 Å². The number of fused-ring (bicyclic) bond motifs is 1. The molecule has 2 fully saturated rings. The normalized spacial score (nSPS) is 40.0. The number of piperidine rings is 1. The minimum atomic E-state index is 0.218. The SMILES string of the molecule is CN(C)C(=O)[C@@H]1CC[C@H]2CN21. The second-order valence-corrected chi connectivity index (χ2v) is 3.68. The van der Waals surface area contributed by atoms with Gasteiger partial charge in [0.05, 0.1) is 6.04 Å². The fourth-order valence-electron chi connectivity index (χ4n) is 1.91. The molecule has 3 atom stereocenters. The average molecular weight is 154 g/mol. The zero-order chi connectivity index (χ0) is 8.01. The van der Waals surface area contributed by atoms with E-state index in [2.05, 4.69) is 4.90 Å². The lowest BCUT2D eigenvalue weighted by Crippen LogP contribution is -2.36. The third-order valence-electron chi connectivity index (χ3n) is 2.66. The average Bonchev–Trinajstić information content (AvgIpc) is 2.62. The summed E-state index contributed by atoms with van der Waals surface area (Å²) >= 11 is 0. The first-order valence-corrected chi connectivity index (χ1v) is 4.17. The molecule has 2 saturated heterocycles. The number of carbonyl (C=O) groups excluding carboxylic acids is 1. The van der Waals surface area contributed by atoms with Crippen LogP contribution in [0.1, 0.15) is 12.8 Å². The Hall–Kier alpha value is -0.570. The smallest absolute Gasteiger partial charge is 0.239 e. The molecule has 0 aromatic rings. The van der Waals surface area contributed by atoms with Gasteiger partial charge in [0.15, 0.2) is 0 Å². The van der Waals surface area contributed by atoms with Gasteiger partial charge in [-0.2, -0.15) is 0 Å². The van der Waals surface area contributed by atoms with E-state index in [4.69, 9.17) is 0 Å². The maximum Gasteiger partial charge on any atom is 0.239 e. The van der Waals surface area contributed by atoms with Crippen LogP contribution in [0.5, 0.6) is 0 Å². The molecule has 0 N–H and O–H groups in total. The number of hydrogen-bond acceptors (Lipinski definition) is 2. The van der Waals surface area contributed by atoms with Crippen molar-refractivity contribution in [2.24, 2.45) is 0 Å². The molecule has 0 saturated carbocycles. The third kappa shape index (κ3) is 1.03. The molecule has 2 rings (SSSR count). The van der Waals surface area contributed by atoms with Crippen LogP contribution >= 0.6 is 0 Å². The van der Waals surface area contributed by atoms with Gasteiger partial charge in [0.25, 0.3) is 0 Å². The summed E-state index contributed by atoms with van der Waals surface area (Å²) in [5, 5.41) is 0. The van der Waals surface area contributed by atoms with Crippen molar-refractivity contribution in [1.82, 2.24) is 9.80 Å². The monoisotopic (exact) mass is 154 g/mol. The quantitative estimate of drug-likeness (QED) is 0.493. The van der Waals surface area contributed by atoms with E-state index in [1.165, 1.54) is 6.42 Å². The van der Waals surface area contributed by atoms with Crippen LogP contribution in [0, 0.1) is 0 Å². The molecule has 62 valence electrons. The van der Waals surface area contributed by atoms with Gasteiger partial charge < -0.3 is 4.90 Å². The highest BCUT2D eigenvalue weighted by Crippen LogP contribution is 2.35. The van der Waals surface area contributed by atoms with Crippen LogP contribution in [0.4, 0.5) is 0 Å². The molecule has 11 heavy (non-hydrogen) atoms. The first-order chi connectivity index (χ1) is 5.20. The molecule has 2 aliphatic rings. The zero-order valence-electron chi connectivity index (χ0n) is 7.08. The van der Waals surface area contributed by atoms with Gasteiger partial charge in [0, 0.05) is 26.7 Å². The predicted molar refractivity (Wildman–Crippen MR) is 42.2 cm³/mol. The molecule has 2 aliphatic heterocycles. The van der Waals surface area contributed by atoms with E-state index in [9.17, 15) is 4.79 Å². The molecule has 3 nitrogen and oxygen atoms in total. The number of rotatable bonds is 1. The molecular weight excluding hydrogens is 140 g/mol. The van der Waals surface area contributed by atoms with Crippen molar-refractivity contribution < 1.29 is 4.79 Å². The first-order valence-electron chi connectivity index (χ1n) is 4.17. The van der Waals surface area contributed by atoms with Gasteiger partial charge in [-0.3, -0.25) is 9.69 Å². The van der Waals surface area contributed by atoms with Crippen molar-refractivity contribution in [2.75, 3.05) is 20.6 Å². The van der Waals surface area contributed by atoms with Crippen LogP contribution in [-0.4, -0.2) is 48.4 Å². The van der Waals surface area contributed by atoms with E-state index in [0.29, 0.717) is 0 Å². The van der Waals surface area contributed by atoms with E-state index >= 15 is 0 Å². The Morgan fingerprint density at radius 2 is 2.18 bits per heavy atom. The fraction of sp³-hybridized carbons (Fsp3) is 0.875. The van der Waals surface area contributed by atoms with Gasteiger partial charge in [-0.05, 0) is 12.8 Å². The molecule has 0 aliphatic carbocycles. The largest absolute Gasteiger partial charge is 0.347 e. The lowest BCUT2D eigenvalue weighted by Gasteiger charge is -2.17. The number of hydrogen-bond donors (Lipinski definition) is 0. The van der Waals surface area contributed by atoms with Crippen molar-refractivity contribution >= 4 is 5.91 Å². The van der Waals surface area contributed by atoms with Gasteiger partial charge in [-0.1, -0.05) is 0 Å². The minimum Gasteiger partial charge on any atom is -0.347 e. The summed E-state index contributed by atoms with van der Waals surface area (Å²) in [5.74, 6) is 0.282. The molecule has 0 bridgehead atoms. The summed E-state index contributed by atoms with van der Waals surface area (Å²) in [7, 11) is 3.66. The Balaban J connectivity index is 1.99. The number of carbonyl (C=O) groups is 1. The van der Waals surface area contributed by atoms with Gasteiger partial charge >= 0.3 is 0 Å². The summed E-state index contributed by atoms with van der Waals surface area (Å²) in [6, 6.07) is 0.971. The Morgan fingerprint density at radius 1 is 1.45 bits per heavy atom. The Morgan fingerprint density at radius 3 is 2.55 bits per heavy atom. The molecule has 0 radical (unpaired) electrons. The fourth-order valence-corrected chi connectivity index (χ4v) is 1.91. The van der Waals surface area contributed by atoms with E-state index < -0.39 is 0 Å². The van der Waals surface area contributed by atoms with E-state index in [1.54, 1.807) is 4.90 Å². The first kappa shape index (κ1) is 7.10. The lowest BCUT2D eigenvalue weighted by molar-refractivity contribution is -0.132. The minimum absolute atomic E-state index is 0.218. The summed E-state index contributed by atoms with van der Waals surface area (Å²) in [4.78, 5) is 15.5. The van der Waals surface area contributed by atoms with Crippen molar-refractivity contribution in [3.63, 3.8) is 0 Å². The van der Waals surface area contributed by atoms with E-state index in [0.717, 1.165) is 19.0 Å². The Labute approximate surface area is 67.0 Å². The maximum atomic E-state index is 11.5. The Bertz CT molecular complexity index is 191. The van der Waals surface area contributed by atoms with Crippen LogP contribution in [0.3, 0.4) is 0 Å². The van der Waals surface area contributed by atoms with Gasteiger partial charge in [0.1, 0.15) is 0 Å². The van der Waals surface area contributed by atoms with Gasteiger partial charge in [-0.15, -0.1) is 0 Å². The second kappa shape index (κ2) is 2.21. The molecule has 0 aromatic heterocycles. The lowest BCUT2D eigenvalue weighted by atomic mass is 10.1. The van der Waals surface area contributed by atoms with E-state index in [-0.39, 0.29) is 11.9 Å². The van der Waals surface area contributed by atoms with Crippen molar-refractivity contribution in [2.45, 2.75) is 24.9 Å². The van der Waals surface area contributed by atoms with Crippen LogP contribution in [0.25, 0.3) is 0 Å². The molecule has 2 heterocycles. The molecule has 1 unspecified atom stereocenters. The van der Waals surface area contributed by atoms with Crippen LogP contribution < -0.4 is 0 Å². The van der Waals surface area contributed by atoms with Crippen molar-refractivity contribution in [1.29, 1.82) is 0 Å². The standard InChI is InChI=1S/C8H14N2O/c1-9(2)8(11)7-4-3-6-5-10(6)7/h6-7H,3-5H2,1-2H3/t6-,7-,10?/m0/s1. The highest BCUT2D eigenvalue weighted by atomic mass is 16.2. The predicted octanol–water partition coefficient (Wildman–Crippen LogP) is -0.0788. The summed E-state index contributed by atoms with van der Waals surface area (Å²) in [5.41, 5.74) is 0. The molecule has 0 spiro atoms. The summed E-state index contributed by atoms with van der Waals surface area (Å²) in [6.45, 7) is 1.16. The van der Waals surface area contributed by atoms with Crippen LogP contribution in [0.15, 0.2) is 0 Å². The number of amides is 1. The van der Waals surface area contributed by atoms with Crippen molar-refractivity contribution in [3.05, 3.63) is 0 Å². The molecule has 0 aromatic carbocycles. The van der Waals surface area contributed by atoms with Crippen LogP contribution in [0.2, 0.25) is 0 Å². The number of likely N-dealkylation sites (N-methyl/N-ethyl adjacent to an activating group) is 1. The van der Waals surface area contributed by atoms with Crippen LogP contribution in [-0.2, 0) is 4.79 Å². The highest BCUT2D eigenvalue weighted by Gasteiger charge is 2.48. The third-order valence-corrected chi connectivity index (χ3v) is 2.66. The molecule has 3 heteroatoms. The van der Waals surface area contributed by atoms with Gasteiger partial charge in [-0.25, -0.2) is 0 Å². The Kier molecular flexibility index (Phi) is 1.42. The number of nitrogens with zero attached hydrogens (tertiary/aromatic N) is 2.